The lowest BCUT2D eigenvalue weighted by atomic mass is 10.3. The third kappa shape index (κ3) is 8.03. The molecular formula is C6H3BCl2F4N2. The number of rotatable bonds is 0. The molecule has 1 rings (SSSR count). The topological polar surface area (TPSA) is 28.1 Å². The van der Waals surface area contributed by atoms with Crippen LogP contribution in [0.1, 0.15) is 0 Å². The second-order valence-electron chi connectivity index (χ2n) is 2.19. The molecule has 0 unspecified atom stereocenters. The highest BCUT2D eigenvalue weighted by Gasteiger charge is 2.20. The van der Waals surface area contributed by atoms with E-state index < -0.39 is 7.25 Å². The second-order valence-corrected chi connectivity index (χ2v) is 3.01. The highest BCUT2D eigenvalue weighted by Crippen LogP contribution is 2.26. The van der Waals surface area contributed by atoms with E-state index in [9.17, 15) is 17.3 Å². The largest absolute Gasteiger partial charge is 0.673 e. The molecule has 0 aromatic heterocycles. The Morgan fingerprint density at radius 3 is 1.87 bits per heavy atom. The standard InChI is InChI=1S/C6H3Cl2N2.BF4/c7-5-2-1-4(10-9)3-6(5)8;2-1(3,4)5/h1-3H;/q+1;-1. The Kier molecular flexibility index (Phi) is 5.40. The van der Waals surface area contributed by atoms with E-state index in [1.165, 1.54) is 6.07 Å². The molecule has 15 heavy (non-hydrogen) atoms. The van der Waals surface area contributed by atoms with Gasteiger partial charge >= 0.3 is 12.9 Å². The zero-order chi connectivity index (χ0) is 12.1. The van der Waals surface area contributed by atoms with Gasteiger partial charge in [-0.05, 0) is 6.07 Å². The van der Waals surface area contributed by atoms with E-state index in [0.717, 1.165) is 0 Å². The summed E-state index contributed by atoms with van der Waals surface area (Å²) in [4.78, 5) is 2.93. The molecule has 1 aromatic carbocycles. The van der Waals surface area contributed by atoms with Crippen LogP contribution in [0.4, 0.5) is 23.0 Å². The minimum Gasteiger partial charge on any atom is -0.418 e. The molecule has 82 valence electrons. The van der Waals surface area contributed by atoms with Crippen LogP contribution in [0.2, 0.25) is 10.0 Å². The Labute approximate surface area is 92.5 Å². The van der Waals surface area contributed by atoms with Crippen LogP contribution in [0.15, 0.2) is 18.2 Å². The van der Waals surface area contributed by atoms with Crippen LogP contribution in [-0.4, -0.2) is 7.25 Å². The molecule has 0 spiro atoms. The van der Waals surface area contributed by atoms with E-state index in [1.807, 2.05) is 0 Å². The van der Waals surface area contributed by atoms with Crippen molar-refractivity contribution in [2.24, 2.45) is 0 Å². The Morgan fingerprint density at radius 1 is 1.07 bits per heavy atom. The monoisotopic (exact) mass is 260 g/mol. The summed E-state index contributed by atoms with van der Waals surface area (Å²) in [5.74, 6) is 0. The van der Waals surface area contributed by atoms with Crippen molar-refractivity contribution in [1.82, 2.24) is 0 Å². The first-order chi connectivity index (χ1) is 6.74. The minimum absolute atomic E-state index is 0.386. The lowest BCUT2D eigenvalue weighted by Crippen LogP contribution is -2.02. The van der Waals surface area contributed by atoms with Gasteiger partial charge in [0.1, 0.15) is 0 Å². The average molecular weight is 261 g/mol. The van der Waals surface area contributed by atoms with Crippen LogP contribution in [0.25, 0.3) is 4.98 Å². The Hall–Kier alpha value is -0.995. The summed E-state index contributed by atoms with van der Waals surface area (Å²) in [6.07, 6.45) is 0. The average Bonchev–Trinajstić information content (AvgIpc) is 2.07. The van der Waals surface area contributed by atoms with E-state index in [-0.39, 0.29) is 0 Å². The molecular weight excluding hydrogens is 258 g/mol. The van der Waals surface area contributed by atoms with E-state index in [0.29, 0.717) is 15.7 Å². The van der Waals surface area contributed by atoms with Gasteiger partial charge in [-0.1, -0.05) is 23.2 Å². The smallest absolute Gasteiger partial charge is 0.418 e. The zero-order valence-corrected chi connectivity index (χ0v) is 8.48. The van der Waals surface area contributed by atoms with Crippen molar-refractivity contribution in [3.8, 4) is 0 Å². The third-order valence-corrected chi connectivity index (χ3v) is 1.76. The molecule has 0 bridgehead atoms. The molecule has 0 aliphatic rings. The molecule has 0 aliphatic heterocycles. The van der Waals surface area contributed by atoms with Gasteiger partial charge in [-0.3, -0.25) is 0 Å². The number of nitrogens with zero attached hydrogens (tertiary/aromatic N) is 2. The van der Waals surface area contributed by atoms with E-state index in [1.54, 1.807) is 12.1 Å². The first kappa shape index (κ1) is 14.0. The summed E-state index contributed by atoms with van der Waals surface area (Å²) >= 11 is 11.2. The van der Waals surface area contributed by atoms with Crippen molar-refractivity contribution < 1.29 is 17.3 Å². The Morgan fingerprint density at radius 2 is 1.53 bits per heavy atom. The van der Waals surface area contributed by atoms with Gasteiger partial charge in [0.15, 0.2) is 4.98 Å². The molecule has 0 saturated carbocycles. The third-order valence-electron chi connectivity index (χ3n) is 1.02. The first-order valence-electron chi connectivity index (χ1n) is 3.41. The second kappa shape index (κ2) is 5.78. The fourth-order valence-corrected chi connectivity index (χ4v) is 0.840. The molecule has 0 aliphatic carbocycles. The maximum absolute atomic E-state index is 9.75. The summed E-state index contributed by atoms with van der Waals surface area (Å²) in [5.41, 5.74) is 0.398. The fraction of sp³-hybridized carbons (Fsp3) is 0. The normalized spacial score (nSPS) is 9.93. The van der Waals surface area contributed by atoms with Gasteiger partial charge in [0, 0.05) is 6.07 Å². The van der Waals surface area contributed by atoms with Gasteiger partial charge in [0.25, 0.3) is 0 Å². The maximum atomic E-state index is 9.75. The zero-order valence-electron chi connectivity index (χ0n) is 6.97. The number of diazo groups is 1. The molecule has 0 saturated heterocycles. The Bertz CT molecular complexity index is 370. The number of benzene rings is 1. The molecule has 2 nitrogen and oxygen atoms in total. The highest BCUT2D eigenvalue weighted by atomic mass is 35.5. The summed E-state index contributed by atoms with van der Waals surface area (Å²) in [6.45, 7) is 0. The van der Waals surface area contributed by atoms with E-state index in [2.05, 4.69) is 4.98 Å². The minimum atomic E-state index is -6.00. The van der Waals surface area contributed by atoms with Gasteiger partial charge in [0.05, 0.1) is 16.1 Å². The SMILES string of the molecule is F[B-](F)(F)F.N#[N+]c1ccc(Cl)c(Cl)c1. The lowest BCUT2D eigenvalue weighted by Gasteiger charge is -1.94. The molecule has 0 N–H and O–H groups in total. The van der Waals surface area contributed by atoms with Gasteiger partial charge in [-0.2, -0.15) is 0 Å². The molecule has 0 atom stereocenters. The van der Waals surface area contributed by atoms with Crippen LogP contribution < -0.4 is 0 Å². The van der Waals surface area contributed by atoms with Gasteiger partial charge in [-0.15, -0.1) is 0 Å². The summed E-state index contributed by atoms with van der Waals surface area (Å²) in [5, 5.41) is 9.12. The van der Waals surface area contributed by atoms with Gasteiger partial charge in [0.2, 0.25) is 5.39 Å². The first-order valence-corrected chi connectivity index (χ1v) is 4.17. The predicted molar refractivity (Wildman–Crippen MR) is 51.4 cm³/mol. The number of halogens is 6. The maximum Gasteiger partial charge on any atom is 0.673 e. The molecule has 0 heterocycles. The van der Waals surface area contributed by atoms with E-state index in [4.69, 9.17) is 28.6 Å². The molecule has 9 heteroatoms. The summed E-state index contributed by atoms with van der Waals surface area (Å²) in [7, 11) is -6.00. The van der Waals surface area contributed by atoms with Crippen molar-refractivity contribution >= 4 is 36.1 Å². The number of hydrogen-bond donors (Lipinski definition) is 0. The molecule has 0 fully saturated rings. The van der Waals surface area contributed by atoms with E-state index >= 15 is 0 Å². The van der Waals surface area contributed by atoms with Crippen LogP contribution in [0, 0.1) is 5.39 Å². The van der Waals surface area contributed by atoms with Crippen molar-refractivity contribution in [3.05, 3.63) is 33.2 Å². The lowest BCUT2D eigenvalue weighted by molar-refractivity contribution is 0.368. The van der Waals surface area contributed by atoms with Crippen LogP contribution in [0.5, 0.6) is 0 Å². The molecule has 0 amide bonds. The van der Waals surface area contributed by atoms with Crippen molar-refractivity contribution in [2.75, 3.05) is 0 Å². The van der Waals surface area contributed by atoms with Crippen LogP contribution in [0.3, 0.4) is 0 Å². The highest BCUT2D eigenvalue weighted by molar-refractivity contribution is 6.50. The van der Waals surface area contributed by atoms with Gasteiger partial charge < -0.3 is 17.3 Å². The predicted octanol–water partition coefficient (Wildman–Crippen LogP) is 4.78. The fourth-order valence-electron chi connectivity index (χ4n) is 0.547. The van der Waals surface area contributed by atoms with Crippen LogP contribution >= 0.6 is 23.2 Å². The van der Waals surface area contributed by atoms with Crippen molar-refractivity contribution in [2.45, 2.75) is 0 Å². The Balaban J connectivity index is 0.000000336. The van der Waals surface area contributed by atoms with Crippen LogP contribution in [-0.2, 0) is 0 Å². The van der Waals surface area contributed by atoms with Gasteiger partial charge in [-0.25, -0.2) is 0 Å². The summed E-state index contributed by atoms with van der Waals surface area (Å²) < 4.78 is 39.0. The van der Waals surface area contributed by atoms with Crippen molar-refractivity contribution in [1.29, 1.82) is 5.39 Å². The summed E-state index contributed by atoms with van der Waals surface area (Å²) in [6, 6.07) is 4.61. The van der Waals surface area contributed by atoms with Crippen molar-refractivity contribution in [3.63, 3.8) is 0 Å². The molecule has 1 aromatic rings. The number of hydrogen-bond acceptors (Lipinski definition) is 1. The molecule has 0 radical (unpaired) electrons. The quantitative estimate of drug-likeness (QED) is 0.375.